The standard InChI is InChI=1S/C15H13BrClN3O/c1-9-10(16)4-3-5-12(9)20-13(8-17)18-11-6-7-14(21-2)19-15(11)20/h3-7H,8H2,1-2H3. The van der Waals surface area contributed by atoms with Gasteiger partial charge in [-0.15, -0.1) is 11.6 Å². The highest BCUT2D eigenvalue weighted by molar-refractivity contribution is 9.10. The van der Waals surface area contributed by atoms with E-state index in [2.05, 4.69) is 25.9 Å². The lowest BCUT2D eigenvalue weighted by Gasteiger charge is -2.12. The molecule has 21 heavy (non-hydrogen) atoms. The zero-order chi connectivity index (χ0) is 15.0. The summed E-state index contributed by atoms with van der Waals surface area (Å²) in [6.07, 6.45) is 0. The Labute approximate surface area is 135 Å². The van der Waals surface area contributed by atoms with Gasteiger partial charge in [0.25, 0.3) is 0 Å². The monoisotopic (exact) mass is 365 g/mol. The Balaban J connectivity index is 2.36. The summed E-state index contributed by atoms with van der Waals surface area (Å²) in [5.74, 6) is 1.62. The lowest BCUT2D eigenvalue weighted by molar-refractivity contribution is 0.399. The maximum absolute atomic E-state index is 6.07. The molecule has 0 N–H and O–H groups in total. The van der Waals surface area contributed by atoms with E-state index in [0.717, 1.165) is 32.7 Å². The first kappa shape index (κ1) is 14.4. The summed E-state index contributed by atoms with van der Waals surface area (Å²) in [5.41, 5.74) is 3.65. The molecule has 0 saturated carbocycles. The molecule has 2 aromatic heterocycles. The van der Waals surface area contributed by atoms with Gasteiger partial charge in [0.15, 0.2) is 5.65 Å². The molecule has 0 aliphatic heterocycles. The van der Waals surface area contributed by atoms with Crippen LogP contribution < -0.4 is 4.74 Å². The third-order valence-electron chi connectivity index (χ3n) is 3.36. The Morgan fingerprint density at radius 1 is 1.24 bits per heavy atom. The summed E-state index contributed by atoms with van der Waals surface area (Å²) >= 11 is 9.62. The first-order valence-electron chi connectivity index (χ1n) is 6.39. The minimum Gasteiger partial charge on any atom is -0.481 e. The highest BCUT2D eigenvalue weighted by atomic mass is 79.9. The zero-order valence-corrected chi connectivity index (χ0v) is 13.9. The number of hydrogen-bond donors (Lipinski definition) is 0. The highest BCUT2D eigenvalue weighted by Crippen LogP contribution is 2.28. The van der Waals surface area contributed by atoms with Gasteiger partial charge < -0.3 is 4.74 Å². The third-order valence-corrected chi connectivity index (χ3v) is 4.46. The van der Waals surface area contributed by atoms with Crippen LogP contribution in [0.15, 0.2) is 34.8 Å². The first-order chi connectivity index (χ1) is 10.2. The van der Waals surface area contributed by atoms with E-state index in [1.165, 1.54) is 0 Å². The molecule has 0 unspecified atom stereocenters. The molecule has 0 aliphatic carbocycles. The van der Waals surface area contributed by atoms with Gasteiger partial charge in [0.1, 0.15) is 11.3 Å². The van der Waals surface area contributed by atoms with Gasteiger partial charge in [-0.05, 0) is 30.7 Å². The predicted molar refractivity (Wildman–Crippen MR) is 87.4 cm³/mol. The lowest BCUT2D eigenvalue weighted by atomic mass is 10.2. The Hall–Kier alpha value is -1.59. The van der Waals surface area contributed by atoms with Crippen LogP contribution in [0, 0.1) is 6.92 Å². The molecule has 0 spiro atoms. The molecule has 3 rings (SSSR count). The Bertz CT molecular complexity index is 816. The van der Waals surface area contributed by atoms with Crippen molar-refractivity contribution in [2.45, 2.75) is 12.8 Å². The summed E-state index contributed by atoms with van der Waals surface area (Å²) in [6.45, 7) is 2.05. The molecule has 2 heterocycles. The van der Waals surface area contributed by atoms with E-state index in [-0.39, 0.29) is 0 Å². The summed E-state index contributed by atoms with van der Waals surface area (Å²) in [7, 11) is 1.60. The summed E-state index contributed by atoms with van der Waals surface area (Å²) in [6, 6.07) is 9.70. The van der Waals surface area contributed by atoms with E-state index >= 15 is 0 Å². The second-order valence-corrected chi connectivity index (χ2v) is 5.70. The van der Waals surface area contributed by atoms with Gasteiger partial charge in [-0.2, -0.15) is 4.98 Å². The highest BCUT2D eigenvalue weighted by Gasteiger charge is 2.16. The SMILES string of the molecule is COc1ccc2nc(CCl)n(-c3cccc(Br)c3C)c2n1. The number of imidazole rings is 1. The number of fused-ring (bicyclic) bond motifs is 1. The fourth-order valence-electron chi connectivity index (χ4n) is 2.28. The van der Waals surface area contributed by atoms with Crippen molar-refractivity contribution in [1.29, 1.82) is 0 Å². The van der Waals surface area contributed by atoms with Crippen molar-refractivity contribution in [3.05, 3.63) is 46.2 Å². The van der Waals surface area contributed by atoms with Crippen LogP contribution in [0.2, 0.25) is 0 Å². The van der Waals surface area contributed by atoms with Crippen LogP contribution in [-0.4, -0.2) is 21.6 Å². The average Bonchev–Trinajstić information content (AvgIpc) is 2.87. The second kappa shape index (κ2) is 5.66. The Morgan fingerprint density at radius 2 is 2.05 bits per heavy atom. The maximum Gasteiger partial charge on any atom is 0.215 e. The number of alkyl halides is 1. The van der Waals surface area contributed by atoms with Gasteiger partial charge in [-0.25, -0.2) is 4.98 Å². The van der Waals surface area contributed by atoms with E-state index in [9.17, 15) is 0 Å². The topological polar surface area (TPSA) is 39.9 Å². The van der Waals surface area contributed by atoms with Crippen LogP contribution in [0.3, 0.4) is 0 Å². The molecule has 0 aliphatic rings. The lowest BCUT2D eigenvalue weighted by Crippen LogP contribution is -2.03. The third kappa shape index (κ3) is 2.40. The van der Waals surface area contributed by atoms with Crippen LogP contribution >= 0.6 is 27.5 Å². The molecule has 0 atom stereocenters. The molecule has 0 radical (unpaired) electrons. The maximum atomic E-state index is 6.07. The molecule has 6 heteroatoms. The number of rotatable bonds is 3. The number of aromatic nitrogens is 3. The Kier molecular flexibility index (Phi) is 3.87. The largest absolute Gasteiger partial charge is 0.481 e. The predicted octanol–water partition coefficient (Wildman–Crippen LogP) is 4.24. The average molecular weight is 367 g/mol. The van der Waals surface area contributed by atoms with Gasteiger partial charge in [-0.1, -0.05) is 22.0 Å². The molecule has 0 amide bonds. The molecular weight excluding hydrogens is 354 g/mol. The van der Waals surface area contributed by atoms with Crippen molar-refractivity contribution in [3.8, 4) is 11.6 Å². The molecule has 4 nitrogen and oxygen atoms in total. The van der Waals surface area contributed by atoms with Crippen LogP contribution in [0.1, 0.15) is 11.4 Å². The summed E-state index contributed by atoms with van der Waals surface area (Å²) in [4.78, 5) is 9.07. The van der Waals surface area contributed by atoms with Crippen molar-refractivity contribution in [2.75, 3.05) is 7.11 Å². The van der Waals surface area contributed by atoms with Crippen LogP contribution in [0.5, 0.6) is 5.88 Å². The number of nitrogens with zero attached hydrogens (tertiary/aromatic N) is 3. The van der Waals surface area contributed by atoms with E-state index in [4.69, 9.17) is 16.3 Å². The number of hydrogen-bond acceptors (Lipinski definition) is 3. The van der Waals surface area contributed by atoms with E-state index in [0.29, 0.717) is 11.8 Å². The van der Waals surface area contributed by atoms with Crippen molar-refractivity contribution < 1.29 is 4.74 Å². The quantitative estimate of drug-likeness (QED) is 0.651. The van der Waals surface area contributed by atoms with E-state index in [1.807, 2.05) is 35.8 Å². The minimum absolute atomic E-state index is 0.310. The van der Waals surface area contributed by atoms with E-state index < -0.39 is 0 Å². The number of halogens is 2. The first-order valence-corrected chi connectivity index (χ1v) is 7.72. The molecule has 0 bridgehead atoms. The molecule has 108 valence electrons. The number of methoxy groups -OCH3 is 1. The van der Waals surface area contributed by atoms with Gasteiger partial charge in [0.2, 0.25) is 5.88 Å². The molecule has 3 aromatic rings. The van der Waals surface area contributed by atoms with Crippen LogP contribution in [-0.2, 0) is 5.88 Å². The molecule has 1 aromatic carbocycles. The van der Waals surface area contributed by atoms with Gasteiger partial charge in [-0.3, -0.25) is 4.57 Å². The number of benzene rings is 1. The minimum atomic E-state index is 0.310. The van der Waals surface area contributed by atoms with Crippen molar-refractivity contribution in [3.63, 3.8) is 0 Å². The molecular formula is C15H13BrClN3O. The van der Waals surface area contributed by atoms with Gasteiger partial charge >= 0.3 is 0 Å². The van der Waals surface area contributed by atoms with Crippen molar-refractivity contribution >= 4 is 38.7 Å². The van der Waals surface area contributed by atoms with Crippen molar-refractivity contribution in [1.82, 2.24) is 14.5 Å². The fourth-order valence-corrected chi connectivity index (χ4v) is 2.82. The van der Waals surface area contributed by atoms with Gasteiger partial charge in [0, 0.05) is 10.5 Å². The summed E-state index contributed by atoms with van der Waals surface area (Å²) < 4.78 is 8.23. The summed E-state index contributed by atoms with van der Waals surface area (Å²) in [5, 5.41) is 0. The normalized spacial score (nSPS) is 11.0. The smallest absolute Gasteiger partial charge is 0.215 e. The number of pyridine rings is 1. The van der Waals surface area contributed by atoms with Crippen LogP contribution in [0.4, 0.5) is 0 Å². The van der Waals surface area contributed by atoms with Gasteiger partial charge in [0.05, 0.1) is 18.7 Å². The zero-order valence-electron chi connectivity index (χ0n) is 11.6. The Morgan fingerprint density at radius 3 is 2.76 bits per heavy atom. The second-order valence-electron chi connectivity index (χ2n) is 4.58. The number of ether oxygens (including phenoxy) is 1. The van der Waals surface area contributed by atoms with Crippen LogP contribution in [0.25, 0.3) is 16.9 Å². The van der Waals surface area contributed by atoms with E-state index in [1.54, 1.807) is 13.2 Å². The van der Waals surface area contributed by atoms with Crippen molar-refractivity contribution in [2.24, 2.45) is 0 Å². The molecule has 0 saturated heterocycles. The fraction of sp³-hybridized carbons (Fsp3) is 0.200. The molecule has 0 fully saturated rings.